The number of hydrogen-bond acceptors (Lipinski definition) is 1. The highest BCUT2D eigenvalue weighted by molar-refractivity contribution is 9.10. The molecule has 72 valence electrons. The predicted molar refractivity (Wildman–Crippen MR) is 49.3 cm³/mol. The number of hydrogen-bond donors (Lipinski definition) is 1. The molecule has 0 spiro atoms. The lowest BCUT2D eigenvalue weighted by molar-refractivity contribution is 0.150. The lowest BCUT2D eigenvalue weighted by atomic mass is 10.2. The fourth-order valence-electron chi connectivity index (χ4n) is 0.888. The molecular formula is C7H5BrClF2NO. The molecule has 0 atom stereocenters. The normalized spacial score (nSPS) is 10.8. The lowest BCUT2D eigenvalue weighted by Gasteiger charge is -2.06. The smallest absolute Gasteiger partial charge is 0.265 e. The molecule has 1 aromatic heterocycles. The number of pyridine rings is 1. The number of alkyl halides is 3. The van der Waals surface area contributed by atoms with Crippen molar-refractivity contribution in [1.29, 1.82) is 0 Å². The van der Waals surface area contributed by atoms with E-state index >= 15 is 0 Å². The molecule has 0 unspecified atom stereocenters. The van der Waals surface area contributed by atoms with Gasteiger partial charge in [-0.15, -0.1) is 11.6 Å². The summed E-state index contributed by atoms with van der Waals surface area (Å²) < 4.78 is 24.7. The van der Waals surface area contributed by atoms with Crippen LogP contribution in [0.5, 0.6) is 0 Å². The molecule has 0 bridgehead atoms. The van der Waals surface area contributed by atoms with E-state index in [-0.39, 0.29) is 21.5 Å². The van der Waals surface area contributed by atoms with Gasteiger partial charge in [0, 0.05) is 17.6 Å². The number of aromatic amines is 1. The Morgan fingerprint density at radius 2 is 2.23 bits per heavy atom. The van der Waals surface area contributed by atoms with Crippen molar-refractivity contribution in [2.75, 3.05) is 0 Å². The molecule has 0 aliphatic heterocycles. The summed E-state index contributed by atoms with van der Waals surface area (Å²) >= 11 is 8.34. The minimum atomic E-state index is -2.64. The zero-order chi connectivity index (χ0) is 10.0. The molecule has 1 aromatic rings. The van der Waals surface area contributed by atoms with Crippen molar-refractivity contribution in [1.82, 2.24) is 4.98 Å². The number of H-pyrrole nitrogens is 1. The van der Waals surface area contributed by atoms with Gasteiger partial charge < -0.3 is 4.98 Å². The molecule has 6 heteroatoms. The molecule has 0 saturated carbocycles. The number of halogens is 4. The summed E-state index contributed by atoms with van der Waals surface area (Å²) in [6.45, 7) is 0. The Morgan fingerprint density at radius 3 is 2.69 bits per heavy atom. The van der Waals surface area contributed by atoms with Crippen LogP contribution in [0.15, 0.2) is 15.5 Å². The Balaban J connectivity index is 3.38. The lowest BCUT2D eigenvalue weighted by Crippen LogP contribution is -2.11. The van der Waals surface area contributed by atoms with E-state index < -0.39 is 12.0 Å². The average Bonchev–Trinajstić information content (AvgIpc) is 2.09. The summed E-state index contributed by atoms with van der Waals surface area (Å²) in [5.74, 6) is -0.121. The second kappa shape index (κ2) is 4.19. The van der Waals surface area contributed by atoms with Crippen molar-refractivity contribution >= 4 is 27.5 Å². The second-order valence-corrected chi connectivity index (χ2v) is 3.36. The van der Waals surface area contributed by atoms with Crippen LogP contribution in [-0.4, -0.2) is 4.98 Å². The summed E-state index contributed by atoms with van der Waals surface area (Å²) in [4.78, 5) is 13.2. The maximum absolute atomic E-state index is 12.3. The van der Waals surface area contributed by atoms with Gasteiger partial charge in [0.15, 0.2) is 0 Å². The number of nitrogens with one attached hydrogen (secondary N) is 1. The molecular weight excluding hydrogens is 267 g/mol. The standard InChI is InChI=1S/C7H5BrClF2NO/c8-5-3(1-9)4(6(10)11)2-12-7(5)13/h2,6H,1H2,(H,12,13). The first kappa shape index (κ1) is 10.7. The Morgan fingerprint density at radius 1 is 1.62 bits per heavy atom. The topological polar surface area (TPSA) is 32.9 Å². The highest BCUT2D eigenvalue weighted by Crippen LogP contribution is 2.26. The zero-order valence-electron chi connectivity index (χ0n) is 6.28. The van der Waals surface area contributed by atoms with Gasteiger partial charge in [0.2, 0.25) is 0 Å². The first-order valence-electron chi connectivity index (χ1n) is 3.32. The first-order chi connectivity index (χ1) is 6.07. The Hall–Kier alpha value is -0.420. The average molecular weight is 272 g/mol. The van der Waals surface area contributed by atoms with Gasteiger partial charge in [-0.3, -0.25) is 4.79 Å². The highest BCUT2D eigenvalue weighted by atomic mass is 79.9. The van der Waals surface area contributed by atoms with E-state index in [0.29, 0.717) is 0 Å². The van der Waals surface area contributed by atoms with Crippen LogP contribution in [0.4, 0.5) is 8.78 Å². The quantitative estimate of drug-likeness (QED) is 0.825. The van der Waals surface area contributed by atoms with Crippen LogP contribution in [0.25, 0.3) is 0 Å². The van der Waals surface area contributed by atoms with Crippen LogP contribution in [0.3, 0.4) is 0 Å². The summed E-state index contributed by atoms with van der Waals surface area (Å²) in [6.07, 6.45) is -1.66. The van der Waals surface area contributed by atoms with Crippen LogP contribution >= 0.6 is 27.5 Å². The predicted octanol–water partition coefficient (Wildman–Crippen LogP) is 2.81. The molecule has 0 saturated heterocycles. The number of aromatic nitrogens is 1. The van der Waals surface area contributed by atoms with Gasteiger partial charge in [0.1, 0.15) is 0 Å². The Labute approximate surface area is 86.0 Å². The third-order valence-corrected chi connectivity index (χ3v) is 2.65. The Kier molecular flexibility index (Phi) is 3.44. The zero-order valence-corrected chi connectivity index (χ0v) is 8.62. The monoisotopic (exact) mass is 271 g/mol. The van der Waals surface area contributed by atoms with Gasteiger partial charge in [-0.05, 0) is 21.5 Å². The van der Waals surface area contributed by atoms with Crippen molar-refractivity contribution in [2.45, 2.75) is 12.3 Å². The molecule has 2 nitrogen and oxygen atoms in total. The molecule has 1 heterocycles. The molecule has 0 aromatic carbocycles. The van der Waals surface area contributed by atoms with E-state index in [0.717, 1.165) is 6.20 Å². The van der Waals surface area contributed by atoms with Crippen LogP contribution in [0, 0.1) is 0 Å². The third kappa shape index (κ3) is 2.08. The minimum absolute atomic E-state index is 0.0697. The van der Waals surface area contributed by atoms with E-state index in [1.54, 1.807) is 0 Å². The van der Waals surface area contributed by atoms with Crippen molar-refractivity contribution in [3.8, 4) is 0 Å². The van der Waals surface area contributed by atoms with E-state index in [1.807, 2.05) is 0 Å². The summed E-state index contributed by atoms with van der Waals surface area (Å²) in [5.41, 5.74) is -0.568. The summed E-state index contributed by atoms with van der Waals surface area (Å²) in [7, 11) is 0. The van der Waals surface area contributed by atoms with E-state index in [1.165, 1.54) is 0 Å². The van der Waals surface area contributed by atoms with Crippen molar-refractivity contribution < 1.29 is 8.78 Å². The minimum Gasteiger partial charge on any atom is -0.328 e. The number of rotatable bonds is 2. The van der Waals surface area contributed by atoms with E-state index in [2.05, 4.69) is 20.9 Å². The van der Waals surface area contributed by atoms with Crippen LogP contribution in [0.1, 0.15) is 17.6 Å². The Bertz CT molecular complexity index is 366. The van der Waals surface area contributed by atoms with Crippen molar-refractivity contribution in [3.05, 3.63) is 32.2 Å². The van der Waals surface area contributed by atoms with Gasteiger partial charge in [-0.1, -0.05) is 0 Å². The fraction of sp³-hybridized carbons (Fsp3) is 0.286. The van der Waals surface area contributed by atoms with E-state index in [4.69, 9.17) is 11.6 Å². The van der Waals surface area contributed by atoms with Crippen molar-refractivity contribution in [2.24, 2.45) is 0 Å². The van der Waals surface area contributed by atoms with Crippen molar-refractivity contribution in [3.63, 3.8) is 0 Å². The van der Waals surface area contributed by atoms with E-state index in [9.17, 15) is 13.6 Å². The SMILES string of the molecule is O=c1[nH]cc(C(F)F)c(CCl)c1Br. The van der Waals surface area contributed by atoms with Crippen LogP contribution in [0.2, 0.25) is 0 Å². The molecule has 1 N–H and O–H groups in total. The molecule has 0 aliphatic rings. The van der Waals surface area contributed by atoms with Gasteiger partial charge in [0.05, 0.1) is 4.47 Å². The largest absolute Gasteiger partial charge is 0.328 e. The molecule has 0 aliphatic carbocycles. The molecule has 0 fully saturated rings. The van der Waals surface area contributed by atoms with Gasteiger partial charge in [0.25, 0.3) is 12.0 Å². The van der Waals surface area contributed by atoms with Gasteiger partial charge >= 0.3 is 0 Å². The second-order valence-electron chi connectivity index (χ2n) is 2.30. The van der Waals surface area contributed by atoms with Crippen LogP contribution in [-0.2, 0) is 5.88 Å². The first-order valence-corrected chi connectivity index (χ1v) is 4.64. The third-order valence-electron chi connectivity index (χ3n) is 1.54. The molecule has 1 rings (SSSR count). The van der Waals surface area contributed by atoms with Gasteiger partial charge in [-0.2, -0.15) is 0 Å². The maximum atomic E-state index is 12.3. The van der Waals surface area contributed by atoms with Crippen LogP contribution < -0.4 is 5.56 Å². The molecule has 0 radical (unpaired) electrons. The highest BCUT2D eigenvalue weighted by Gasteiger charge is 2.16. The summed E-state index contributed by atoms with van der Waals surface area (Å²) in [5, 5.41) is 0. The molecule has 0 amide bonds. The fourth-order valence-corrected chi connectivity index (χ4v) is 1.82. The maximum Gasteiger partial charge on any atom is 0.265 e. The van der Waals surface area contributed by atoms with Gasteiger partial charge in [-0.25, -0.2) is 8.78 Å². The summed E-state index contributed by atoms with van der Waals surface area (Å²) in [6, 6.07) is 0. The molecule has 13 heavy (non-hydrogen) atoms.